The van der Waals surface area contributed by atoms with E-state index in [9.17, 15) is 4.79 Å². The van der Waals surface area contributed by atoms with Crippen LogP contribution in [0.25, 0.3) is 22.3 Å². The zero-order valence-corrected chi connectivity index (χ0v) is 15.9. The largest absolute Gasteiger partial charge is 0.383 e. The number of anilines is 1. The number of likely N-dealkylation sites (tertiary alicyclic amines) is 1. The number of hydrogen-bond acceptors (Lipinski definition) is 7. The van der Waals surface area contributed by atoms with Gasteiger partial charge in [-0.2, -0.15) is 10.2 Å². The molecular weight excluding hydrogens is 360 g/mol. The number of nitrogens with zero attached hydrogens (tertiary/aromatic N) is 7. The maximum Gasteiger partial charge on any atom is 0.245 e. The van der Waals surface area contributed by atoms with E-state index in [-0.39, 0.29) is 18.0 Å². The fraction of sp³-hybridized carbons (Fsp3) is 0.500. The molecule has 2 fully saturated rings. The van der Waals surface area contributed by atoms with Crippen molar-refractivity contribution in [3.63, 3.8) is 0 Å². The molecule has 1 amide bonds. The zero-order valence-electron chi connectivity index (χ0n) is 15.9. The summed E-state index contributed by atoms with van der Waals surface area (Å²) in [6.45, 7) is 1.97. The number of nitrogens with one attached hydrogen (secondary N) is 1. The van der Waals surface area contributed by atoms with Crippen LogP contribution in [0.4, 0.5) is 5.95 Å². The molecule has 2 saturated heterocycles. The Morgan fingerprint density at radius 2 is 2.21 bits per heavy atom. The number of fused-ring (bicyclic) bond motifs is 3. The Kier molecular flexibility index (Phi) is 4.00. The normalized spacial score (nSPS) is 21.9. The van der Waals surface area contributed by atoms with Gasteiger partial charge in [0.05, 0.1) is 31.6 Å². The summed E-state index contributed by atoms with van der Waals surface area (Å²) in [6, 6.07) is 0.0886. The summed E-state index contributed by atoms with van der Waals surface area (Å²) >= 11 is 0. The Morgan fingerprint density at radius 3 is 3.07 bits per heavy atom. The Morgan fingerprint density at radius 1 is 1.32 bits per heavy atom. The second-order valence-electron chi connectivity index (χ2n) is 7.36. The molecule has 10 heteroatoms. The van der Waals surface area contributed by atoms with E-state index < -0.39 is 0 Å². The van der Waals surface area contributed by atoms with E-state index in [1.807, 2.05) is 22.8 Å². The Labute approximate surface area is 161 Å². The monoisotopic (exact) mass is 382 g/mol. The number of H-pyrrole nitrogens is 1. The summed E-state index contributed by atoms with van der Waals surface area (Å²) < 4.78 is 6.92. The molecule has 2 atom stereocenters. The number of rotatable bonds is 5. The first-order valence-corrected chi connectivity index (χ1v) is 9.42. The predicted octanol–water partition coefficient (Wildman–Crippen LogP) is 0.672. The summed E-state index contributed by atoms with van der Waals surface area (Å²) in [7, 11) is 3.53. The fourth-order valence-electron chi connectivity index (χ4n) is 4.19. The number of ether oxygens (including phenoxy) is 1. The summed E-state index contributed by atoms with van der Waals surface area (Å²) in [5.74, 6) is 0.736. The molecule has 2 aliphatic heterocycles. The Balaban J connectivity index is 1.51. The van der Waals surface area contributed by atoms with Crippen molar-refractivity contribution in [1.29, 1.82) is 0 Å². The highest BCUT2D eigenvalue weighted by atomic mass is 16.5. The van der Waals surface area contributed by atoms with Gasteiger partial charge in [-0.1, -0.05) is 0 Å². The lowest BCUT2D eigenvalue weighted by molar-refractivity contribution is -0.132. The molecule has 2 aliphatic rings. The van der Waals surface area contributed by atoms with Gasteiger partial charge in [0.2, 0.25) is 11.9 Å². The molecule has 2 unspecified atom stereocenters. The maximum atomic E-state index is 12.5. The number of aromatic nitrogens is 6. The second-order valence-corrected chi connectivity index (χ2v) is 7.36. The summed E-state index contributed by atoms with van der Waals surface area (Å²) in [5, 5.41) is 11.8. The molecule has 0 saturated carbocycles. The van der Waals surface area contributed by atoms with Gasteiger partial charge in [-0.15, -0.1) is 0 Å². The van der Waals surface area contributed by atoms with Gasteiger partial charge >= 0.3 is 0 Å². The van der Waals surface area contributed by atoms with Gasteiger partial charge < -0.3 is 14.5 Å². The second kappa shape index (κ2) is 6.55. The van der Waals surface area contributed by atoms with Crippen LogP contribution in [0.2, 0.25) is 0 Å². The average Bonchev–Trinajstić information content (AvgIpc) is 3.40. The molecule has 1 N–H and O–H groups in total. The van der Waals surface area contributed by atoms with Crippen LogP contribution in [0.5, 0.6) is 0 Å². The third-order valence-electron chi connectivity index (χ3n) is 5.60. The molecule has 5 rings (SSSR count). The molecule has 28 heavy (non-hydrogen) atoms. The zero-order chi connectivity index (χ0) is 19.3. The highest BCUT2D eigenvalue weighted by Crippen LogP contribution is 2.34. The van der Waals surface area contributed by atoms with Crippen molar-refractivity contribution in [3.05, 3.63) is 18.6 Å². The minimum Gasteiger partial charge on any atom is -0.383 e. The lowest BCUT2D eigenvalue weighted by atomic mass is 10.2. The number of methoxy groups -OCH3 is 1. The van der Waals surface area contributed by atoms with Crippen LogP contribution in [-0.2, 0) is 16.1 Å². The van der Waals surface area contributed by atoms with Gasteiger partial charge in [0.25, 0.3) is 0 Å². The van der Waals surface area contributed by atoms with Crippen LogP contribution in [0.15, 0.2) is 18.6 Å². The molecular formula is C18H22N8O2. The molecule has 0 radical (unpaired) electrons. The van der Waals surface area contributed by atoms with E-state index in [1.54, 1.807) is 19.5 Å². The van der Waals surface area contributed by atoms with Crippen molar-refractivity contribution < 1.29 is 9.53 Å². The molecule has 146 valence electrons. The SMILES string of the molecule is COCCn1cc(-c2n[nH]c3cnc(N4C5CCC4C(=O)N(C)C5)nc23)cn1. The molecule has 3 aromatic rings. The number of amides is 1. The first-order valence-electron chi connectivity index (χ1n) is 9.42. The topological polar surface area (TPSA) is 105 Å². The smallest absolute Gasteiger partial charge is 0.245 e. The number of aromatic amines is 1. The Bertz CT molecular complexity index is 1030. The highest BCUT2D eigenvalue weighted by molar-refractivity contribution is 5.90. The van der Waals surface area contributed by atoms with Crippen molar-refractivity contribution in [2.24, 2.45) is 0 Å². The maximum absolute atomic E-state index is 12.5. The van der Waals surface area contributed by atoms with Crippen molar-refractivity contribution in [2.75, 3.05) is 32.2 Å². The minimum absolute atomic E-state index is 0.143. The molecule has 10 nitrogen and oxygen atoms in total. The molecule has 0 aliphatic carbocycles. The van der Waals surface area contributed by atoms with Crippen LogP contribution in [0.1, 0.15) is 12.8 Å². The third kappa shape index (κ3) is 2.63. The quantitative estimate of drug-likeness (QED) is 0.691. The lowest BCUT2D eigenvalue weighted by Crippen LogP contribution is -2.56. The highest BCUT2D eigenvalue weighted by Gasteiger charge is 2.45. The standard InChI is InChI=1S/C18H22N8O2/c1-24-10-12-3-4-14(17(24)27)26(12)18-19-8-13-16(21-18)15(23-22-13)11-7-20-25(9-11)5-6-28-2/h7-9,12,14H,3-6,10H2,1-2H3,(H,22,23). The van der Waals surface area contributed by atoms with Crippen molar-refractivity contribution in [3.8, 4) is 11.3 Å². The van der Waals surface area contributed by atoms with Crippen LogP contribution in [-0.4, -0.2) is 80.1 Å². The number of hydrogen-bond donors (Lipinski definition) is 1. The molecule has 0 spiro atoms. The van der Waals surface area contributed by atoms with E-state index in [0.29, 0.717) is 25.6 Å². The van der Waals surface area contributed by atoms with E-state index in [0.717, 1.165) is 35.1 Å². The molecule has 0 aromatic carbocycles. The van der Waals surface area contributed by atoms with E-state index >= 15 is 0 Å². The van der Waals surface area contributed by atoms with Crippen molar-refractivity contribution >= 4 is 22.9 Å². The van der Waals surface area contributed by atoms with E-state index in [2.05, 4.69) is 25.2 Å². The predicted molar refractivity (Wildman–Crippen MR) is 102 cm³/mol. The summed E-state index contributed by atoms with van der Waals surface area (Å²) in [6.07, 6.45) is 7.27. The first kappa shape index (κ1) is 17.1. The van der Waals surface area contributed by atoms with Gasteiger partial charge in [-0.25, -0.2) is 9.97 Å². The van der Waals surface area contributed by atoms with Gasteiger partial charge in [-0.05, 0) is 12.8 Å². The van der Waals surface area contributed by atoms with Crippen LogP contribution in [0.3, 0.4) is 0 Å². The molecule has 3 aromatic heterocycles. The van der Waals surface area contributed by atoms with E-state index in [1.165, 1.54) is 0 Å². The number of carbonyl (C=O) groups is 1. The number of likely N-dealkylation sites (N-methyl/N-ethyl adjacent to an activating group) is 1. The third-order valence-corrected chi connectivity index (χ3v) is 5.60. The lowest BCUT2D eigenvalue weighted by Gasteiger charge is -2.38. The average molecular weight is 382 g/mol. The molecule has 5 heterocycles. The van der Waals surface area contributed by atoms with Gasteiger partial charge in [-0.3, -0.25) is 14.6 Å². The minimum atomic E-state index is -0.173. The van der Waals surface area contributed by atoms with Gasteiger partial charge in [0.1, 0.15) is 22.8 Å². The summed E-state index contributed by atoms with van der Waals surface area (Å²) in [4.78, 5) is 25.8. The van der Waals surface area contributed by atoms with E-state index in [4.69, 9.17) is 9.72 Å². The Hall–Kier alpha value is -3.01. The summed E-state index contributed by atoms with van der Waals surface area (Å²) in [5.41, 5.74) is 3.11. The first-order chi connectivity index (χ1) is 13.7. The van der Waals surface area contributed by atoms with Crippen molar-refractivity contribution in [2.45, 2.75) is 31.5 Å². The van der Waals surface area contributed by atoms with Crippen molar-refractivity contribution in [1.82, 2.24) is 34.8 Å². The van der Waals surface area contributed by atoms with Crippen LogP contribution < -0.4 is 4.90 Å². The van der Waals surface area contributed by atoms with Crippen LogP contribution >= 0.6 is 0 Å². The van der Waals surface area contributed by atoms with Crippen LogP contribution in [0, 0.1) is 0 Å². The number of piperazine rings is 1. The fourth-order valence-corrected chi connectivity index (χ4v) is 4.19. The van der Waals surface area contributed by atoms with Gasteiger partial charge in [0.15, 0.2) is 0 Å². The molecule has 2 bridgehead atoms. The number of carbonyl (C=O) groups excluding carboxylic acids is 1. The van der Waals surface area contributed by atoms with Gasteiger partial charge in [0, 0.05) is 32.5 Å².